The minimum atomic E-state index is -0.0878. The monoisotopic (exact) mass is 366 g/mol. The van der Waals surface area contributed by atoms with Gasteiger partial charge in [0.25, 0.3) is 0 Å². The van der Waals surface area contributed by atoms with Crippen LogP contribution in [0.4, 0.5) is 5.82 Å². The normalized spacial score (nSPS) is 10.9. The zero-order valence-electron chi connectivity index (χ0n) is 15.7. The van der Waals surface area contributed by atoms with Crippen molar-refractivity contribution in [2.24, 2.45) is 5.73 Å². The molecule has 0 fully saturated rings. The Morgan fingerprint density at radius 3 is 2.56 bits per heavy atom. The fourth-order valence-corrected chi connectivity index (χ4v) is 2.99. The van der Waals surface area contributed by atoms with Crippen LogP contribution in [-0.4, -0.2) is 27.9 Å². The molecule has 0 saturated carbocycles. The molecule has 0 aliphatic rings. The summed E-state index contributed by atoms with van der Waals surface area (Å²) in [5, 5.41) is 20.5. The first kappa shape index (κ1) is 20.2. The van der Waals surface area contributed by atoms with Crippen LogP contribution in [0.15, 0.2) is 43.1 Å². The molecule has 0 radical (unpaired) electrons. The fourth-order valence-electron chi connectivity index (χ4n) is 2.99. The highest BCUT2D eigenvalue weighted by Gasteiger charge is 2.24. The Kier molecular flexibility index (Phi) is 6.73. The second kappa shape index (κ2) is 9.00. The van der Waals surface area contributed by atoms with Gasteiger partial charge in [-0.05, 0) is 44.2 Å². The van der Waals surface area contributed by atoms with Crippen LogP contribution in [0.25, 0.3) is 17.2 Å². The summed E-state index contributed by atoms with van der Waals surface area (Å²) >= 11 is 0. The topological polar surface area (TPSA) is 104 Å². The third-order valence-electron chi connectivity index (χ3n) is 4.17. The molecule has 1 aromatic carbocycles. The number of aliphatic hydroxyl groups is 1. The lowest BCUT2D eigenvalue weighted by Gasteiger charge is -2.12. The molecule has 1 heterocycles. The van der Waals surface area contributed by atoms with Crippen LogP contribution in [0.2, 0.25) is 0 Å². The van der Waals surface area contributed by atoms with Gasteiger partial charge in [0.2, 0.25) is 0 Å². The molecule has 0 amide bonds. The molecule has 2 aromatic rings. The third-order valence-corrected chi connectivity index (χ3v) is 4.17. The van der Waals surface area contributed by atoms with Crippen molar-refractivity contribution in [2.75, 3.05) is 11.9 Å². The van der Waals surface area contributed by atoms with Gasteiger partial charge in [0.15, 0.2) is 5.78 Å². The number of aliphatic hydroxyl groups excluding tert-OH is 1. The molecule has 0 saturated heterocycles. The van der Waals surface area contributed by atoms with E-state index in [2.05, 4.69) is 11.9 Å². The Morgan fingerprint density at radius 2 is 2.04 bits per heavy atom. The third kappa shape index (κ3) is 4.54. The summed E-state index contributed by atoms with van der Waals surface area (Å²) in [7, 11) is 0. The number of rotatable bonds is 9. The van der Waals surface area contributed by atoms with Crippen molar-refractivity contribution in [3.8, 4) is 11.1 Å². The van der Waals surface area contributed by atoms with Crippen molar-refractivity contribution >= 4 is 23.5 Å². The van der Waals surface area contributed by atoms with E-state index < -0.39 is 0 Å². The number of amidine groups is 1. The van der Waals surface area contributed by atoms with Crippen LogP contribution < -0.4 is 11.1 Å². The predicted molar refractivity (Wildman–Crippen MR) is 111 cm³/mol. The van der Waals surface area contributed by atoms with Crippen molar-refractivity contribution in [2.45, 2.75) is 26.8 Å². The number of aromatic nitrogens is 1. The van der Waals surface area contributed by atoms with E-state index in [1.165, 1.54) is 19.2 Å². The number of nitrogens with zero attached hydrogens (tertiary/aromatic N) is 1. The number of nitrogen functional groups attached to an aromatic ring is 1. The lowest BCUT2D eigenvalue weighted by Crippen LogP contribution is -2.14. The zero-order valence-corrected chi connectivity index (χ0v) is 15.7. The van der Waals surface area contributed by atoms with E-state index in [-0.39, 0.29) is 18.2 Å². The number of nitrogens with one attached hydrogen (secondary N) is 2. The van der Waals surface area contributed by atoms with Crippen molar-refractivity contribution in [1.82, 2.24) is 4.57 Å². The largest absolute Gasteiger partial charge is 0.396 e. The Labute approximate surface area is 159 Å². The van der Waals surface area contributed by atoms with Gasteiger partial charge in [-0.15, -0.1) is 0 Å². The van der Waals surface area contributed by atoms with Crippen LogP contribution in [0.5, 0.6) is 0 Å². The first-order valence-electron chi connectivity index (χ1n) is 8.75. The molecule has 0 aliphatic carbocycles. The maximum atomic E-state index is 11.6. The second-order valence-corrected chi connectivity index (χ2v) is 6.28. The van der Waals surface area contributed by atoms with Crippen LogP contribution in [-0.2, 0) is 11.3 Å². The summed E-state index contributed by atoms with van der Waals surface area (Å²) in [4.78, 5) is 11.6. The Bertz CT molecular complexity index is 877. The molecule has 5 N–H and O–H groups in total. The molecule has 142 valence electrons. The number of carbonyl (C=O) groups is 1. The van der Waals surface area contributed by atoms with Crippen molar-refractivity contribution in [3.05, 3.63) is 59.9 Å². The molecule has 0 aliphatic heterocycles. The summed E-state index contributed by atoms with van der Waals surface area (Å²) in [6.45, 7) is 7.73. The van der Waals surface area contributed by atoms with E-state index in [9.17, 15) is 9.90 Å². The van der Waals surface area contributed by atoms with Crippen LogP contribution >= 0.6 is 0 Å². The van der Waals surface area contributed by atoms with Crippen molar-refractivity contribution < 1.29 is 9.90 Å². The van der Waals surface area contributed by atoms with Gasteiger partial charge in [0.1, 0.15) is 11.7 Å². The lowest BCUT2D eigenvalue weighted by atomic mass is 9.99. The molecule has 0 unspecified atom stereocenters. The first-order chi connectivity index (χ1) is 12.9. The molecule has 1 aromatic heterocycles. The zero-order chi connectivity index (χ0) is 20.0. The van der Waals surface area contributed by atoms with Gasteiger partial charge in [-0.3, -0.25) is 10.2 Å². The summed E-state index contributed by atoms with van der Waals surface area (Å²) in [5.41, 5.74) is 10.0. The number of anilines is 1. The van der Waals surface area contributed by atoms with Crippen molar-refractivity contribution in [1.29, 1.82) is 5.41 Å². The number of ketones is 1. The predicted octanol–water partition coefficient (Wildman–Crippen LogP) is 3.29. The van der Waals surface area contributed by atoms with Gasteiger partial charge < -0.3 is 20.7 Å². The van der Waals surface area contributed by atoms with E-state index in [0.29, 0.717) is 24.3 Å². The minimum Gasteiger partial charge on any atom is -0.396 e. The van der Waals surface area contributed by atoms with E-state index in [4.69, 9.17) is 11.1 Å². The van der Waals surface area contributed by atoms with Gasteiger partial charge in [-0.1, -0.05) is 36.4 Å². The Morgan fingerprint density at radius 1 is 1.37 bits per heavy atom. The Hall–Kier alpha value is -3.12. The first-order valence-corrected chi connectivity index (χ1v) is 8.75. The number of hydrogen-bond donors (Lipinski definition) is 4. The molecule has 27 heavy (non-hydrogen) atoms. The highest BCUT2D eigenvalue weighted by atomic mass is 16.3. The van der Waals surface area contributed by atoms with Gasteiger partial charge >= 0.3 is 0 Å². The smallest absolute Gasteiger partial charge is 0.152 e. The van der Waals surface area contributed by atoms with Gasteiger partial charge in [-0.2, -0.15) is 0 Å². The van der Waals surface area contributed by atoms with E-state index >= 15 is 0 Å². The molecule has 6 heteroatoms. The number of carbonyl (C=O) groups excluding carboxylic acids is 1. The molecule has 2 rings (SSSR count). The van der Waals surface area contributed by atoms with Crippen LogP contribution in [0.3, 0.4) is 0 Å². The van der Waals surface area contributed by atoms with E-state index in [1.54, 1.807) is 6.08 Å². The fraction of sp³-hybridized carbons (Fsp3) is 0.238. The molecular weight excluding hydrogens is 340 g/mol. The number of nitrogens with two attached hydrogens (primary N) is 1. The molecular formula is C21H26N4O2. The number of allylic oxidation sites excluding steroid dienone is 1. The SMILES string of the molecule is C=CNc1c(C(=N)N)c(-c2ccc(C)cc2)c(/C=C/C(C)=O)n1CCCO. The van der Waals surface area contributed by atoms with Gasteiger partial charge in [-0.25, -0.2) is 0 Å². The van der Waals surface area contributed by atoms with E-state index in [1.807, 2.05) is 35.8 Å². The second-order valence-electron chi connectivity index (χ2n) is 6.28. The Balaban J connectivity index is 2.86. The van der Waals surface area contributed by atoms with Gasteiger partial charge in [0.05, 0.1) is 11.3 Å². The van der Waals surface area contributed by atoms with Gasteiger partial charge in [0, 0.05) is 18.7 Å². The molecule has 6 nitrogen and oxygen atoms in total. The number of hydrogen-bond acceptors (Lipinski definition) is 4. The average molecular weight is 366 g/mol. The average Bonchev–Trinajstić information content (AvgIpc) is 2.92. The summed E-state index contributed by atoms with van der Waals surface area (Å²) in [6, 6.07) is 7.92. The van der Waals surface area contributed by atoms with Crippen LogP contribution in [0.1, 0.15) is 30.2 Å². The lowest BCUT2D eigenvalue weighted by molar-refractivity contribution is -0.112. The standard InChI is InChI=1S/C21H26N4O2/c1-4-24-21-19(20(22)23)18(16-9-6-14(2)7-10-16)17(11-8-15(3)27)25(21)12-5-13-26/h4,6-11,24,26H,1,5,12-13H2,2-3H3,(H3,22,23)/b11-8+. The maximum Gasteiger partial charge on any atom is 0.152 e. The summed E-state index contributed by atoms with van der Waals surface area (Å²) < 4.78 is 1.92. The molecule has 0 spiro atoms. The summed E-state index contributed by atoms with van der Waals surface area (Å²) in [6.07, 6.45) is 5.26. The van der Waals surface area contributed by atoms with Crippen molar-refractivity contribution in [3.63, 3.8) is 0 Å². The van der Waals surface area contributed by atoms with E-state index in [0.717, 1.165) is 22.4 Å². The molecule has 0 atom stereocenters. The summed E-state index contributed by atoms with van der Waals surface area (Å²) in [5.74, 6) is 0.447. The number of benzene rings is 1. The number of aryl methyl sites for hydroxylation is 1. The molecule has 0 bridgehead atoms. The highest BCUT2D eigenvalue weighted by Crippen LogP contribution is 2.37. The quantitative estimate of drug-likeness (QED) is 0.310. The van der Waals surface area contributed by atoms with Crippen LogP contribution in [0, 0.1) is 12.3 Å². The maximum absolute atomic E-state index is 11.6. The highest BCUT2D eigenvalue weighted by molar-refractivity contribution is 6.09. The minimum absolute atomic E-state index is 0.0246.